The molecule has 1 rings (SSSR count). The maximum absolute atomic E-state index is 11.8. The summed E-state index contributed by atoms with van der Waals surface area (Å²) in [7, 11) is 0. The fraction of sp³-hybridized carbons (Fsp3) is 0.357. The minimum atomic E-state index is -1.17. The number of hydrogen-bond acceptors (Lipinski definition) is 4. The zero-order valence-corrected chi connectivity index (χ0v) is 10.9. The monoisotopic (exact) mass is 259 g/mol. The summed E-state index contributed by atoms with van der Waals surface area (Å²) >= 11 is 0. The van der Waals surface area contributed by atoms with E-state index in [0.717, 1.165) is 0 Å². The van der Waals surface area contributed by atoms with Gasteiger partial charge in [-0.1, -0.05) is 13.8 Å². The lowest BCUT2D eigenvalue weighted by atomic mass is 9.85. The van der Waals surface area contributed by atoms with Gasteiger partial charge in [0.15, 0.2) is 0 Å². The van der Waals surface area contributed by atoms with E-state index >= 15 is 0 Å². The lowest BCUT2D eigenvalue weighted by Crippen LogP contribution is -2.31. The normalized spacial score (nSPS) is 10.6. The van der Waals surface area contributed by atoms with Gasteiger partial charge in [-0.25, -0.2) is 0 Å². The van der Waals surface area contributed by atoms with Crippen LogP contribution in [0.5, 0.6) is 0 Å². The highest BCUT2D eigenvalue weighted by Gasteiger charge is 2.22. The number of nitrogens with zero attached hydrogens (tertiary/aromatic N) is 1. The molecule has 1 N–H and O–H groups in total. The Balaban J connectivity index is 2.60. The van der Waals surface area contributed by atoms with E-state index in [0.29, 0.717) is 11.3 Å². The highest BCUT2D eigenvalue weighted by Crippen LogP contribution is 2.25. The zero-order chi connectivity index (χ0) is 14.5. The van der Waals surface area contributed by atoms with Crippen molar-refractivity contribution in [3.8, 4) is 6.07 Å². The van der Waals surface area contributed by atoms with Gasteiger partial charge < -0.3 is 15.2 Å². The van der Waals surface area contributed by atoms with E-state index in [9.17, 15) is 14.7 Å². The van der Waals surface area contributed by atoms with Crippen LogP contribution in [0.15, 0.2) is 24.3 Å². The molecule has 0 fully saturated rings. The van der Waals surface area contributed by atoms with Crippen LogP contribution in [0.4, 0.5) is 5.69 Å². The van der Waals surface area contributed by atoms with E-state index in [-0.39, 0.29) is 18.7 Å². The standard InChI is InChI=1S/C14H16N2O3/c1-14(2,8-13(18)19)7-12(17)16-11-5-3-10(9-15)4-6-11/h3-6H,7-8H2,1-2H3,(H,16,17)(H,18,19)/p-1. The Morgan fingerprint density at radius 1 is 1.26 bits per heavy atom. The average Bonchev–Trinajstić information content (AvgIpc) is 2.27. The lowest BCUT2D eigenvalue weighted by Gasteiger charge is -2.24. The Bertz CT molecular complexity index is 512. The molecular weight excluding hydrogens is 244 g/mol. The molecule has 5 nitrogen and oxygen atoms in total. The number of aliphatic carboxylic acids is 1. The Morgan fingerprint density at radius 2 is 1.84 bits per heavy atom. The van der Waals surface area contributed by atoms with Gasteiger partial charge in [-0.05, 0) is 36.1 Å². The molecule has 0 aliphatic heterocycles. The van der Waals surface area contributed by atoms with Crippen LogP contribution in [0.3, 0.4) is 0 Å². The summed E-state index contributed by atoms with van der Waals surface area (Å²) < 4.78 is 0. The van der Waals surface area contributed by atoms with Crippen molar-refractivity contribution in [2.45, 2.75) is 26.7 Å². The van der Waals surface area contributed by atoms with Gasteiger partial charge in [0.2, 0.25) is 5.91 Å². The van der Waals surface area contributed by atoms with E-state index in [4.69, 9.17) is 5.26 Å². The van der Waals surface area contributed by atoms with Crippen molar-refractivity contribution in [3.63, 3.8) is 0 Å². The molecule has 0 atom stereocenters. The molecule has 1 aromatic rings. The van der Waals surface area contributed by atoms with Crippen LogP contribution in [-0.2, 0) is 9.59 Å². The molecule has 5 heteroatoms. The molecule has 0 aliphatic carbocycles. The van der Waals surface area contributed by atoms with Crippen molar-refractivity contribution in [2.75, 3.05) is 5.32 Å². The third-order valence-electron chi connectivity index (χ3n) is 2.56. The number of carbonyl (C=O) groups is 2. The predicted octanol–water partition coefficient (Wildman–Crippen LogP) is 1.05. The molecular formula is C14H15N2O3-. The summed E-state index contributed by atoms with van der Waals surface area (Å²) in [6.45, 7) is 3.39. The fourth-order valence-corrected chi connectivity index (χ4v) is 1.72. The average molecular weight is 259 g/mol. The highest BCUT2D eigenvalue weighted by molar-refractivity contribution is 5.91. The summed E-state index contributed by atoms with van der Waals surface area (Å²) in [5.41, 5.74) is 0.429. The molecule has 1 aromatic carbocycles. The van der Waals surface area contributed by atoms with Crippen LogP contribution in [0.25, 0.3) is 0 Å². The van der Waals surface area contributed by atoms with Crippen LogP contribution in [-0.4, -0.2) is 11.9 Å². The number of rotatable bonds is 5. The predicted molar refractivity (Wildman–Crippen MR) is 67.8 cm³/mol. The molecule has 0 aromatic heterocycles. The topological polar surface area (TPSA) is 93.0 Å². The van der Waals surface area contributed by atoms with Gasteiger partial charge in [-0.3, -0.25) is 4.79 Å². The molecule has 0 heterocycles. The summed E-state index contributed by atoms with van der Waals surface area (Å²) in [6, 6.07) is 8.44. The van der Waals surface area contributed by atoms with Gasteiger partial charge in [-0.15, -0.1) is 0 Å². The van der Waals surface area contributed by atoms with Crippen LogP contribution in [0.1, 0.15) is 32.3 Å². The van der Waals surface area contributed by atoms with Crippen molar-refractivity contribution in [1.82, 2.24) is 0 Å². The molecule has 0 saturated heterocycles. The smallest absolute Gasteiger partial charge is 0.224 e. The molecule has 0 bridgehead atoms. The quantitative estimate of drug-likeness (QED) is 0.855. The van der Waals surface area contributed by atoms with Gasteiger partial charge in [0.1, 0.15) is 0 Å². The minimum absolute atomic E-state index is 0.0843. The first-order valence-corrected chi connectivity index (χ1v) is 5.82. The summed E-state index contributed by atoms with van der Waals surface area (Å²) in [5.74, 6) is -1.44. The van der Waals surface area contributed by atoms with Crippen LogP contribution >= 0.6 is 0 Å². The number of carboxylic acid groups (broad SMARTS) is 1. The van der Waals surface area contributed by atoms with Crippen molar-refractivity contribution in [2.24, 2.45) is 5.41 Å². The fourth-order valence-electron chi connectivity index (χ4n) is 1.72. The minimum Gasteiger partial charge on any atom is -0.550 e. The number of nitrogens with one attached hydrogen (secondary N) is 1. The first kappa shape index (κ1) is 14.7. The maximum Gasteiger partial charge on any atom is 0.224 e. The Morgan fingerprint density at radius 3 is 2.32 bits per heavy atom. The largest absolute Gasteiger partial charge is 0.550 e. The number of nitriles is 1. The second-order valence-corrected chi connectivity index (χ2v) is 5.13. The first-order valence-electron chi connectivity index (χ1n) is 5.82. The molecule has 19 heavy (non-hydrogen) atoms. The maximum atomic E-state index is 11.8. The number of amides is 1. The second kappa shape index (κ2) is 6.01. The third kappa shape index (κ3) is 5.21. The van der Waals surface area contributed by atoms with Gasteiger partial charge in [0.05, 0.1) is 11.6 Å². The van der Waals surface area contributed by atoms with Crippen LogP contribution in [0.2, 0.25) is 0 Å². The van der Waals surface area contributed by atoms with Crippen molar-refractivity contribution >= 4 is 17.6 Å². The Hall–Kier alpha value is -2.35. The van der Waals surface area contributed by atoms with E-state index in [1.807, 2.05) is 6.07 Å². The molecule has 0 spiro atoms. The zero-order valence-electron chi connectivity index (χ0n) is 10.9. The molecule has 1 amide bonds. The molecule has 0 saturated carbocycles. The van der Waals surface area contributed by atoms with Crippen LogP contribution < -0.4 is 10.4 Å². The number of anilines is 1. The third-order valence-corrected chi connectivity index (χ3v) is 2.56. The Kier molecular flexibility index (Phi) is 4.65. The van der Waals surface area contributed by atoms with Crippen molar-refractivity contribution in [3.05, 3.63) is 29.8 Å². The second-order valence-electron chi connectivity index (χ2n) is 5.13. The summed E-state index contributed by atoms with van der Waals surface area (Å²) in [4.78, 5) is 22.3. The first-order chi connectivity index (χ1) is 8.82. The van der Waals surface area contributed by atoms with E-state index in [1.54, 1.807) is 38.1 Å². The SMILES string of the molecule is CC(C)(CC(=O)[O-])CC(=O)Nc1ccc(C#N)cc1. The van der Waals surface area contributed by atoms with Crippen LogP contribution in [0, 0.1) is 16.7 Å². The summed E-state index contributed by atoms with van der Waals surface area (Å²) in [5, 5.41) is 21.9. The number of carboxylic acids is 1. The Labute approximate surface area is 111 Å². The highest BCUT2D eigenvalue weighted by atomic mass is 16.4. The van der Waals surface area contributed by atoms with Gasteiger partial charge in [-0.2, -0.15) is 5.26 Å². The molecule has 0 aliphatic rings. The number of benzene rings is 1. The lowest BCUT2D eigenvalue weighted by molar-refractivity contribution is -0.307. The van der Waals surface area contributed by atoms with E-state index in [1.165, 1.54) is 0 Å². The van der Waals surface area contributed by atoms with Gasteiger partial charge in [0.25, 0.3) is 0 Å². The summed E-state index contributed by atoms with van der Waals surface area (Å²) in [6.07, 6.45) is -0.0885. The van der Waals surface area contributed by atoms with Crippen molar-refractivity contribution in [1.29, 1.82) is 5.26 Å². The number of hydrogen-bond donors (Lipinski definition) is 1. The van der Waals surface area contributed by atoms with Gasteiger partial charge in [0, 0.05) is 18.1 Å². The molecule has 0 radical (unpaired) electrons. The molecule has 100 valence electrons. The van der Waals surface area contributed by atoms with E-state index in [2.05, 4.69) is 5.32 Å². The van der Waals surface area contributed by atoms with E-state index < -0.39 is 11.4 Å². The molecule has 0 unspecified atom stereocenters. The number of carbonyl (C=O) groups excluding carboxylic acids is 2. The van der Waals surface area contributed by atoms with Crippen molar-refractivity contribution < 1.29 is 14.7 Å². The van der Waals surface area contributed by atoms with Gasteiger partial charge >= 0.3 is 0 Å².